The van der Waals surface area contributed by atoms with Gasteiger partial charge in [-0.3, -0.25) is 14.5 Å². The minimum absolute atomic E-state index is 0.104. The summed E-state index contributed by atoms with van der Waals surface area (Å²) < 4.78 is 0.358. The van der Waals surface area contributed by atoms with E-state index in [-0.39, 0.29) is 18.4 Å². The molecule has 2 heterocycles. The van der Waals surface area contributed by atoms with Gasteiger partial charge in [-0.2, -0.15) is 0 Å². The molecule has 1 aromatic heterocycles. The van der Waals surface area contributed by atoms with E-state index in [9.17, 15) is 9.59 Å². The predicted octanol–water partition coefficient (Wildman–Crippen LogP) is 2.62. The van der Waals surface area contributed by atoms with E-state index in [1.165, 1.54) is 16.7 Å². The lowest BCUT2D eigenvalue weighted by Crippen LogP contribution is -2.40. The van der Waals surface area contributed by atoms with Crippen LogP contribution in [0.1, 0.15) is 11.3 Å². The zero-order chi connectivity index (χ0) is 18.5. The van der Waals surface area contributed by atoms with Gasteiger partial charge in [0.15, 0.2) is 0 Å². The molecule has 26 heavy (non-hydrogen) atoms. The molecule has 1 fully saturated rings. The number of H-pyrrole nitrogens is 1. The normalized spacial score (nSPS) is 15.7. The van der Waals surface area contributed by atoms with E-state index >= 15 is 0 Å². The van der Waals surface area contributed by atoms with Crippen LogP contribution in [0.4, 0.5) is 0 Å². The van der Waals surface area contributed by atoms with Gasteiger partial charge in [0.1, 0.15) is 10.9 Å². The molecule has 2 N–H and O–H groups in total. The van der Waals surface area contributed by atoms with Crippen LogP contribution in [0.5, 0.6) is 0 Å². The summed E-state index contributed by atoms with van der Waals surface area (Å²) in [5.74, 6) is -0.552. The Bertz CT molecular complexity index is 867. The molecule has 6 nitrogen and oxygen atoms in total. The van der Waals surface area contributed by atoms with Crippen molar-refractivity contribution in [3.63, 3.8) is 0 Å². The van der Waals surface area contributed by atoms with E-state index in [2.05, 4.69) is 15.3 Å². The van der Waals surface area contributed by atoms with E-state index in [4.69, 9.17) is 23.8 Å². The number of thioether (sulfide) groups is 1. The number of aromatic nitrogens is 2. The molecule has 3 rings (SSSR count). The van der Waals surface area contributed by atoms with Gasteiger partial charge < -0.3 is 10.3 Å². The largest absolute Gasteiger partial charge is 0.354 e. The van der Waals surface area contributed by atoms with Gasteiger partial charge in [-0.25, -0.2) is 4.98 Å². The van der Waals surface area contributed by atoms with Crippen molar-refractivity contribution in [2.45, 2.75) is 6.42 Å². The molecule has 0 spiro atoms. The molecule has 0 atom stereocenters. The van der Waals surface area contributed by atoms with Crippen molar-refractivity contribution in [2.75, 3.05) is 13.1 Å². The van der Waals surface area contributed by atoms with Gasteiger partial charge in [-0.1, -0.05) is 53.8 Å². The molecule has 9 heteroatoms. The number of nitrogens with one attached hydrogen (secondary N) is 2. The lowest BCUT2D eigenvalue weighted by molar-refractivity contribution is -0.128. The molecule has 1 aromatic carbocycles. The third kappa shape index (κ3) is 4.51. The number of thiocarbonyl (C=S) groups is 1. The quantitative estimate of drug-likeness (QED) is 0.569. The zero-order valence-electron chi connectivity index (χ0n) is 13.6. The highest BCUT2D eigenvalue weighted by Gasteiger charge is 2.33. The SMILES string of the molecule is O=C(CN1C(=O)/C(=C\c2ccccc2Cl)SC1=S)NCCc1cnc[nH]1. The van der Waals surface area contributed by atoms with Gasteiger partial charge in [0.05, 0.1) is 11.2 Å². The van der Waals surface area contributed by atoms with Crippen LogP contribution in [-0.2, 0) is 16.0 Å². The van der Waals surface area contributed by atoms with Crippen LogP contribution >= 0.6 is 35.6 Å². The zero-order valence-corrected chi connectivity index (χ0v) is 16.0. The second kappa shape index (κ2) is 8.48. The smallest absolute Gasteiger partial charge is 0.266 e. The highest BCUT2D eigenvalue weighted by atomic mass is 35.5. The number of rotatable bonds is 6. The molecule has 2 amide bonds. The summed E-state index contributed by atoms with van der Waals surface area (Å²) in [7, 11) is 0. The Labute approximate surface area is 165 Å². The number of halogens is 1. The molecular weight excluding hydrogens is 392 g/mol. The highest BCUT2D eigenvalue weighted by molar-refractivity contribution is 8.26. The van der Waals surface area contributed by atoms with E-state index in [1.807, 2.05) is 18.2 Å². The van der Waals surface area contributed by atoms with Crippen molar-refractivity contribution in [3.05, 3.63) is 58.0 Å². The first-order chi connectivity index (χ1) is 12.5. The summed E-state index contributed by atoms with van der Waals surface area (Å²) >= 11 is 12.5. The maximum atomic E-state index is 12.5. The van der Waals surface area contributed by atoms with E-state index in [0.29, 0.717) is 27.2 Å². The Morgan fingerprint density at radius 2 is 2.23 bits per heavy atom. The van der Waals surface area contributed by atoms with Crippen molar-refractivity contribution in [2.24, 2.45) is 0 Å². The van der Waals surface area contributed by atoms with Gasteiger partial charge >= 0.3 is 0 Å². The van der Waals surface area contributed by atoms with Crippen molar-refractivity contribution in [1.29, 1.82) is 0 Å². The van der Waals surface area contributed by atoms with Gasteiger partial charge in [0.2, 0.25) is 5.91 Å². The van der Waals surface area contributed by atoms with Gasteiger partial charge in [0.25, 0.3) is 5.91 Å². The summed E-state index contributed by atoms with van der Waals surface area (Å²) in [6.45, 7) is 0.346. The molecule has 0 bridgehead atoms. The Morgan fingerprint density at radius 3 is 2.96 bits per heavy atom. The van der Waals surface area contributed by atoms with Crippen molar-refractivity contribution in [3.8, 4) is 0 Å². The first-order valence-corrected chi connectivity index (χ1v) is 9.38. The van der Waals surface area contributed by atoms with Crippen molar-refractivity contribution < 1.29 is 9.59 Å². The Hall–Kier alpha value is -2.16. The van der Waals surface area contributed by atoms with Crippen LogP contribution in [0.2, 0.25) is 5.02 Å². The first kappa shape index (κ1) is 18.6. The second-order valence-electron chi connectivity index (χ2n) is 5.47. The fourth-order valence-electron chi connectivity index (χ4n) is 2.33. The molecule has 1 aliphatic heterocycles. The number of hydrogen-bond acceptors (Lipinski definition) is 5. The minimum Gasteiger partial charge on any atom is -0.354 e. The fraction of sp³-hybridized carbons (Fsp3) is 0.176. The average molecular weight is 407 g/mol. The summed E-state index contributed by atoms with van der Waals surface area (Å²) in [6.07, 6.45) is 5.62. The maximum absolute atomic E-state index is 12.5. The number of nitrogens with zero attached hydrogens (tertiary/aromatic N) is 2. The monoisotopic (exact) mass is 406 g/mol. The predicted molar refractivity (Wildman–Crippen MR) is 107 cm³/mol. The number of benzene rings is 1. The Morgan fingerprint density at radius 1 is 1.42 bits per heavy atom. The molecule has 0 unspecified atom stereocenters. The van der Waals surface area contributed by atoms with Crippen molar-refractivity contribution in [1.82, 2.24) is 20.2 Å². The number of imidazole rings is 1. The highest BCUT2D eigenvalue weighted by Crippen LogP contribution is 2.33. The molecule has 1 saturated heterocycles. The molecule has 1 aliphatic rings. The summed E-state index contributed by atoms with van der Waals surface area (Å²) in [4.78, 5) is 33.3. The van der Waals surface area contributed by atoms with Crippen LogP contribution < -0.4 is 5.32 Å². The number of carbonyl (C=O) groups excluding carboxylic acids is 2. The van der Waals surface area contributed by atoms with Crippen LogP contribution in [0.15, 0.2) is 41.7 Å². The van der Waals surface area contributed by atoms with Crippen LogP contribution in [0.3, 0.4) is 0 Å². The van der Waals surface area contributed by atoms with Gasteiger partial charge in [-0.15, -0.1) is 0 Å². The standard InChI is InChI=1S/C17H15ClN4O2S2/c18-13-4-2-1-3-11(13)7-14-16(24)22(17(25)26-14)9-15(23)20-6-5-12-8-19-10-21-12/h1-4,7-8,10H,5-6,9H2,(H,19,21)(H,20,23)/b14-7+. The number of hydrogen-bond donors (Lipinski definition) is 2. The molecule has 0 radical (unpaired) electrons. The van der Waals surface area contributed by atoms with Gasteiger partial charge in [0, 0.05) is 29.9 Å². The molecule has 0 saturated carbocycles. The molecule has 2 aromatic rings. The van der Waals surface area contributed by atoms with Gasteiger partial charge in [-0.05, 0) is 17.7 Å². The maximum Gasteiger partial charge on any atom is 0.266 e. The summed E-state index contributed by atoms with van der Waals surface area (Å²) in [5.41, 5.74) is 1.66. The van der Waals surface area contributed by atoms with Crippen molar-refractivity contribution >= 4 is 57.8 Å². The minimum atomic E-state index is -0.288. The van der Waals surface area contributed by atoms with Crippen LogP contribution in [-0.4, -0.2) is 44.1 Å². The Kier molecular flexibility index (Phi) is 6.08. The van der Waals surface area contributed by atoms with Crippen LogP contribution in [0.25, 0.3) is 6.08 Å². The van der Waals surface area contributed by atoms with E-state index in [1.54, 1.807) is 24.7 Å². The number of carbonyl (C=O) groups is 2. The molecular formula is C17H15ClN4O2S2. The van der Waals surface area contributed by atoms with E-state index < -0.39 is 0 Å². The van der Waals surface area contributed by atoms with E-state index in [0.717, 1.165) is 11.3 Å². The molecule has 134 valence electrons. The average Bonchev–Trinajstić information content (AvgIpc) is 3.21. The molecule has 0 aliphatic carbocycles. The topological polar surface area (TPSA) is 78.1 Å². The fourth-order valence-corrected chi connectivity index (χ4v) is 3.76. The third-order valence-electron chi connectivity index (χ3n) is 3.64. The van der Waals surface area contributed by atoms with Crippen LogP contribution in [0, 0.1) is 0 Å². The lowest BCUT2D eigenvalue weighted by atomic mass is 10.2. The summed E-state index contributed by atoms with van der Waals surface area (Å²) in [5, 5.41) is 3.32. The second-order valence-corrected chi connectivity index (χ2v) is 7.55. The first-order valence-electron chi connectivity index (χ1n) is 7.78. The number of aromatic amines is 1. The number of amides is 2. The summed E-state index contributed by atoms with van der Waals surface area (Å²) in [6, 6.07) is 7.22. The lowest BCUT2D eigenvalue weighted by Gasteiger charge is -2.14. The third-order valence-corrected chi connectivity index (χ3v) is 5.36. The Balaban J connectivity index is 1.58.